The Hall–Kier alpha value is -5.30. The van der Waals surface area contributed by atoms with E-state index in [0.29, 0.717) is 42.2 Å². The lowest BCUT2D eigenvalue weighted by Crippen LogP contribution is -2.44. The average molecular weight is 700 g/mol. The predicted octanol–water partition coefficient (Wildman–Crippen LogP) is 8.02. The molecule has 2 aliphatic heterocycles. The molecule has 3 aromatic carbocycles. The first-order valence-electron chi connectivity index (χ1n) is 18.3. The first-order valence-corrected chi connectivity index (χ1v) is 18.3. The largest absolute Gasteiger partial charge is 0.369 e. The Kier molecular flexibility index (Phi) is 8.48. The minimum atomic E-state index is -0.629. The maximum absolute atomic E-state index is 15.7. The number of amides is 1. The highest BCUT2D eigenvalue weighted by atomic mass is 19.1. The second-order valence-electron chi connectivity index (χ2n) is 15.1. The molecule has 10 heteroatoms. The highest BCUT2D eigenvalue weighted by Crippen LogP contribution is 2.50. The van der Waals surface area contributed by atoms with Gasteiger partial charge in [0.05, 0.1) is 23.8 Å². The van der Waals surface area contributed by atoms with Crippen molar-refractivity contribution in [3.8, 4) is 11.1 Å². The average Bonchev–Trinajstić information content (AvgIpc) is 3.79. The molecule has 4 aromatic rings. The summed E-state index contributed by atoms with van der Waals surface area (Å²) in [7, 11) is 0. The summed E-state index contributed by atoms with van der Waals surface area (Å²) in [4.78, 5) is 47.8. The molecule has 52 heavy (non-hydrogen) atoms. The summed E-state index contributed by atoms with van der Waals surface area (Å²) in [6.07, 6.45) is 3.93. The van der Waals surface area contributed by atoms with E-state index in [9.17, 15) is 14.4 Å². The van der Waals surface area contributed by atoms with E-state index >= 15 is 4.39 Å². The van der Waals surface area contributed by atoms with Gasteiger partial charge in [-0.1, -0.05) is 17.3 Å². The summed E-state index contributed by atoms with van der Waals surface area (Å²) in [6, 6.07) is 17.4. The zero-order chi connectivity index (χ0) is 36.3. The maximum atomic E-state index is 15.7. The van der Waals surface area contributed by atoms with Crippen molar-refractivity contribution in [3.63, 3.8) is 0 Å². The SMILES string of the molecule is [C-]#[N+]C1(c2ccc(N(CC3CCN(c4cc5c(cc4F)CN(C4CCC(=O)CC4=O)C5=O)CC3)c3cc(-c4c(C)noc4C)ccc3C)cc2)CC1. The third-order valence-electron chi connectivity index (χ3n) is 11.7. The number of benzene rings is 3. The number of halogens is 1. The number of piperidine rings is 1. The third-order valence-corrected chi connectivity index (χ3v) is 11.7. The number of ketones is 2. The molecule has 3 fully saturated rings. The Morgan fingerprint density at radius 2 is 1.75 bits per heavy atom. The van der Waals surface area contributed by atoms with Crippen molar-refractivity contribution in [2.24, 2.45) is 5.92 Å². The lowest BCUT2D eigenvalue weighted by atomic mass is 9.92. The van der Waals surface area contributed by atoms with E-state index in [-0.39, 0.29) is 48.2 Å². The molecule has 1 unspecified atom stereocenters. The Labute approximate surface area is 303 Å². The molecule has 1 aromatic heterocycles. The number of fused-ring (bicyclic) bond motifs is 1. The van der Waals surface area contributed by atoms with Crippen LogP contribution in [0.4, 0.5) is 21.5 Å². The topological polar surface area (TPSA) is 91.3 Å². The molecule has 9 nitrogen and oxygen atoms in total. The van der Waals surface area contributed by atoms with E-state index in [4.69, 9.17) is 11.1 Å². The van der Waals surface area contributed by atoms with Crippen molar-refractivity contribution in [2.45, 2.75) is 83.8 Å². The maximum Gasteiger partial charge on any atom is 0.258 e. The van der Waals surface area contributed by atoms with Crippen LogP contribution in [0.15, 0.2) is 59.1 Å². The van der Waals surface area contributed by atoms with Crippen LogP contribution in [-0.4, -0.2) is 53.2 Å². The second-order valence-corrected chi connectivity index (χ2v) is 15.1. The molecule has 1 amide bonds. The Bertz CT molecular complexity index is 2120. The standard InChI is InChI=1S/C42H42FN5O4/c1-25-5-6-29(40-26(2)45-52-27(40)3)20-37(25)47(32-9-7-31(8-10-32)42(44-4)15-16-42)23-28-13-17-46(18-14-28)38-22-34-30(19-35(38)43)24-48(41(34)51)36-12-11-33(49)21-39(36)50/h5-10,19-20,22,28,36H,11-18,21,23-24H2,1-3H3. The Morgan fingerprint density at radius 1 is 1.00 bits per heavy atom. The molecule has 0 bridgehead atoms. The molecule has 0 radical (unpaired) electrons. The van der Waals surface area contributed by atoms with Crippen LogP contribution in [-0.2, 0) is 21.7 Å². The van der Waals surface area contributed by atoms with E-state index in [1.165, 1.54) is 11.0 Å². The van der Waals surface area contributed by atoms with Crippen LogP contribution in [0.3, 0.4) is 0 Å². The number of hydrogen-bond donors (Lipinski definition) is 0. The van der Waals surface area contributed by atoms with Gasteiger partial charge in [-0.15, -0.1) is 0 Å². The molecule has 4 aliphatic rings. The number of nitrogens with zero attached hydrogens (tertiary/aromatic N) is 5. The van der Waals surface area contributed by atoms with Crippen molar-refractivity contribution in [1.29, 1.82) is 0 Å². The van der Waals surface area contributed by atoms with Gasteiger partial charge in [0.25, 0.3) is 11.4 Å². The molecule has 2 saturated carbocycles. The number of aryl methyl sites for hydroxylation is 3. The van der Waals surface area contributed by atoms with Crippen LogP contribution >= 0.6 is 0 Å². The third kappa shape index (κ3) is 5.96. The van der Waals surface area contributed by atoms with Gasteiger partial charge in [-0.3, -0.25) is 14.4 Å². The molecule has 1 atom stereocenters. The summed E-state index contributed by atoms with van der Waals surface area (Å²) in [5, 5.41) is 4.19. The minimum Gasteiger partial charge on any atom is -0.369 e. The summed E-state index contributed by atoms with van der Waals surface area (Å²) >= 11 is 0. The van der Waals surface area contributed by atoms with E-state index in [2.05, 4.69) is 64.3 Å². The summed E-state index contributed by atoms with van der Waals surface area (Å²) in [6.45, 7) is 16.0. The number of carbonyl (C=O) groups is 3. The first kappa shape index (κ1) is 33.8. The number of carbonyl (C=O) groups excluding carboxylic acids is 3. The molecule has 0 spiro atoms. The van der Waals surface area contributed by atoms with Crippen LogP contribution < -0.4 is 9.80 Å². The van der Waals surface area contributed by atoms with E-state index in [1.54, 1.807) is 6.07 Å². The lowest BCUT2D eigenvalue weighted by molar-refractivity contribution is -0.133. The highest BCUT2D eigenvalue weighted by molar-refractivity contribution is 6.07. The zero-order valence-electron chi connectivity index (χ0n) is 29.9. The zero-order valence-corrected chi connectivity index (χ0v) is 29.9. The first-order chi connectivity index (χ1) is 25.0. The van der Waals surface area contributed by atoms with Gasteiger partial charge >= 0.3 is 0 Å². The van der Waals surface area contributed by atoms with Gasteiger partial charge in [0.2, 0.25) is 0 Å². The van der Waals surface area contributed by atoms with Crippen molar-refractivity contribution in [1.82, 2.24) is 10.1 Å². The summed E-state index contributed by atoms with van der Waals surface area (Å²) in [5.74, 6) is 0.136. The van der Waals surface area contributed by atoms with Crippen LogP contribution in [0.5, 0.6) is 0 Å². The van der Waals surface area contributed by atoms with Crippen LogP contribution in [0.25, 0.3) is 16.0 Å². The molecule has 266 valence electrons. The van der Waals surface area contributed by atoms with Gasteiger partial charge in [-0.2, -0.15) is 0 Å². The van der Waals surface area contributed by atoms with E-state index < -0.39 is 6.04 Å². The molecule has 2 aliphatic carbocycles. The highest BCUT2D eigenvalue weighted by Gasteiger charge is 2.52. The molecular formula is C42H42FN5O4. The van der Waals surface area contributed by atoms with Gasteiger partial charge in [0.15, 0.2) is 5.78 Å². The van der Waals surface area contributed by atoms with E-state index in [1.807, 2.05) is 18.7 Å². The van der Waals surface area contributed by atoms with Crippen LogP contribution in [0.1, 0.15) is 83.4 Å². The van der Waals surface area contributed by atoms with Crippen molar-refractivity contribution in [2.75, 3.05) is 29.4 Å². The van der Waals surface area contributed by atoms with Gasteiger partial charge < -0.3 is 24.1 Å². The molecule has 8 rings (SSSR count). The number of Topliss-reactive ketones (excluding diaryl/α,β-unsaturated/α-hetero) is 2. The second kappa shape index (κ2) is 13.0. The van der Waals surface area contributed by atoms with Crippen LogP contribution in [0, 0.1) is 39.1 Å². The van der Waals surface area contributed by atoms with E-state index in [0.717, 1.165) is 77.3 Å². The Balaban J connectivity index is 1.03. The van der Waals surface area contributed by atoms with Gasteiger partial charge in [0.1, 0.15) is 17.4 Å². The fraction of sp³-hybridized carbons (Fsp3) is 0.405. The molecule has 1 saturated heterocycles. The molecule has 0 N–H and O–H groups in total. The smallest absolute Gasteiger partial charge is 0.258 e. The van der Waals surface area contributed by atoms with Crippen LogP contribution in [0.2, 0.25) is 0 Å². The minimum absolute atomic E-state index is 0.0908. The van der Waals surface area contributed by atoms with Crippen molar-refractivity contribution >= 4 is 34.5 Å². The fourth-order valence-electron chi connectivity index (χ4n) is 8.47. The lowest BCUT2D eigenvalue weighted by Gasteiger charge is -2.37. The monoisotopic (exact) mass is 699 g/mol. The van der Waals surface area contributed by atoms with Crippen molar-refractivity contribution < 1.29 is 23.3 Å². The Morgan fingerprint density at radius 3 is 2.40 bits per heavy atom. The van der Waals surface area contributed by atoms with Gasteiger partial charge in [-0.05, 0) is 105 Å². The number of aromatic nitrogens is 1. The van der Waals surface area contributed by atoms with Gasteiger partial charge in [0, 0.05) is 73.5 Å². The fourth-order valence-corrected chi connectivity index (χ4v) is 8.47. The van der Waals surface area contributed by atoms with Crippen molar-refractivity contribution in [3.05, 3.63) is 106 Å². The number of rotatable bonds is 8. The predicted molar refractivity (Wildman–Crippen MR) is 196 cm³/mol. The van der Waals surface area contributed by atoms with Gasteiger partial charge in [-0.25, -0.2) is 11.0 Å². The quantitative estimate of drug-likeness (QED) is 0.136. The summed E-state index contributed by atoms with van der Waals surface area (Å²) in [5.41, 5.74) is 8.31. The number of hydrogen-bond acceptors (Lipinski definition) is 7. The number of anilines is 3. The molecular weight excluding hydrogens is 657 g/mol. The molecule has 3 heterocycles. The summed E-state index contributed by atoms with van der Waals surface area (Å²) < 4.78 is 21.2. The normalized spacial score (nSPS) is 19.9.